The summed E-state index contributed by atoms with van der Waals surface area (Å²) in [6, 6.07) is 0. The van der Waals surface area contributed by atoms with Gasteiger partial charge in [0.15, 0.2) is 6.29 Å². The summed E-state index contributed by atoms with van der Waals surface area (Å²) in [5.74, 6) is -0.170. The van der Waals surface area contributed by atoms with Crippen molar-refractivity contribution in [1.82, 2.24) is 0 Å². The van der Waals surface area contributed by atoms with Crippen molar-refractivity contribution in [2.75, 3.05) is 5.88 Å². The Bertz CT molecular complexity index is 144. The number of carbonyl (C=O) groups excluding carboxylic acids is 1. The van der Waals surface area contributed by atoms with Crippen molar-refractivity contribution in [1.29, 1.82) is 0 Å². The molecule has 0 aliphatic carbocycles. The molecule has 0 aliphatic rings. The van der Waals surface area contributed by atoms with Crippen LogP contribution in [0, 0.1) is 0 Å². The number of aliphatic hydroxyl groups excluding tert-OH is 3. The minimum Gasteiger partial charge on any atom is -0.390 e. The third-order valence-corrected chi connectivity index (χ3v) is 2.21. The van der Waals surface area contributed by atoms with Crippen LogP contribution in [-0.4, -0.2) is 51.2 Å². The maximum absolute atomic E-state index is 9.98. The van der Waals surface area contributed by atoms with Gasteiger partial charge in [-0.05, 0) is 0 Å². The summed E-state index contributed by atoms with van der Waals surface area (Å²) in [5, 5.41) is 25.7. The van der Waals surface area contributed by atoms with Gasteiger partial charge in [0.1, 0.15) is 12.2 Å². The summed E-state index contributed by atoms with van der Waals surface area (Å²) in [4.78, 5) is 9.98. The second-order valence-corrected chi connectivity index (χ2v) is 3.10. The molecule has 6 heteroatoms. The average molecular weight is 217 g/mol. The summed E-state index contributed by atoms with van der Waals surface area (Å²) in [6.45, 7) is 0. The summed E-state index contributed by atoms with van der Waals surface area (Å²) in [6.07, 6.45) is -4.11. The molecule has 12 heavy (non-hydrogen) atoms. The molecule has 0 bridgehead atoms. The first kappa shape index (κ1) is 12.1. The average Bonchev–Trinajstić information content (AvgIpc) is 2.12. The van der Waals surface area contributed by atoms with Crippen LogP contribution in [0.4, 0.5) is 0 Å². The van der Waals surface area contributed by atoms with E-state index in [4.69, 9.17) is 38.5 Å². The Hall–Kier alpha value is 0.130. The fourth-order valence-corrected chi connectivity index (χ4v) is 1.10. The molecule has 4 atom stereocenters. The van der Waals surface area contributed by atoms with E-state index in [-0.39, 0.29) is 12.2 Å². The number of carbonyl (C=O) groups is 1. The van der Waals surface area contributed by atoms with Crippen molar-refractivity contribution in [3.05, 3.63) is 0 Å². The van der Waals surface area contributed by atoms with E-state index in [0.29, 0.717) is 0 Å². The maximum atomic E-state index is 9.98. The van der Waals surface area contributed by atoms with Gasteiger partial charge in [-0.2, -0.15) is 0 Å². The largest absolute Gasteiger partial charge is 0.390 e. The number of rotatable bonds is 5. The molecule has 0 fully saturated rings. The van der Waals surface area contributed by atoms with Crippen LogP contribution in [0.2, 0.25) is 0 Å². The van der Waals surface area contributed by atoms with E-state index in [9.17, 15) is 4.79 Å². The quantitative estimate of drug-likeness (QED) is 0.412. The van der Waals surface area contributed by atoms with E-state index < -0.39 is 23.7 Å². The highest BCUT2D eigenvalue weighted by Crippen LogP contribution is 2.12. The fraction of sp³-hybridized carbons (Fsp3) is 0.833. The highest BCUT2D eigenvalue weighted by Gasteiger charge is 2.29. The van der Waals surface area contributed by atoms with Crippen LogP contribution in [-0.2, 0) is 4.79 Å². The molecular weight excluding hydrogens is 207 g/mol. The molecule has 72 valence electrons. The van der Waals surface area contributed by atoms with Crippen molar-refractivity contribution in [2.45, 2.75) is 23.7 Å². The van der Waals surface area contributed by atoms with Crippen LogP contribution in [0.5, 0.6) is 0 Å². The summed E-state index contributed by atoms with van der Waals surface area (Å²) in [5.41, 5.74) is 0. The van der Waals surface area contributed by atoms with Crippen LogP contribution in [0.1, 0.15) is 0 Å². The third kappa shape index (κ3) is 3.25. The highest BCUT2D eigenvalue weighted by molar-refractivity contribution is 6.23. The van der Waals surface area contributed by atoms with Gasteiger partial charge >= 0.3 is 0 Å². The van der Waals surface area contributed by atoms with Gasteiger partial charge in [0.25, 0.3) is 0 Å². The third-order valence-electron chi connectivity index (χ3n) is 1.34. The van der Waals surface area contributed by atoms with Gasteiger partial charge in [-0.15, -0.1) is 23.2 Å². The molecule has 0 aliphatic heterocycles. The Morgan fingerprint density at radius 1 is 1.33 bits per heavy atom. The van der Waals surface area contributed by atoms with Crippen molar-refractivity contribution >= 4 is 29.5 Å². The zero-order valence-electron chi connectivity index (χ0n) is 6.10. The molecule has 0 aromatic heterocycles. The first-order chi connectivity index (χ1) is 5.54. The Morgan fingerprint density at radius 3 is 2.17 bits per heavy atom. The van der Waals surface area contributed by atoms with E-state index in [0.717, 1.165) is 0 Å². The number of aldehydes is 1. The normalized spacial score (nSPS) is 21.1. The lowest BCUT2D eigenvalue weighted by Crippen LogP contribution is -2.42. The van der Waals surface area contributed by atoms with Gasteiger partial charge < -0.3 is 20.1 Å². The molecule has 0 radical (unpaired) electrons. The number of alkyl halides is 2. The fourth-order valence-electron chi connectivity index (χ4n) is 0.582. The second kappa shape index (κ2) is 5.72. The Kier molecular flexibility index (Phi) is 5.78. The number of hydrogen-bond acceptors (Lipinski definition) is 4. The zero-order chi connectivity index (χ0) is 9.72. The van der Waals surface area contributed by atoms with Gasteiger partial charge in [-0.25, -0.2) is 0 Å². The molecule has 3 N–H and O–H groups in total. The predicted octanol–water partition coefficient (Wildman–Crippen LogP) is -0.886. The zero-order valence-corrected chi connectivity index (χ0v) is 7.61. The minimum atomic E-state index is -1.59. The maximum Gasteiger partial charge on any atom is 0.151 e. The minimum absolute atomic E-state index is 0.140. The highest BCUT2D eigenvalue weighted by atomic mass is 35.5. The van der Waals surface area contributed by atoms with Crippen LogP contribution < -0.4 is 0 Å². The topological polar surface area (TPSA) is 77.8 Å². The van der Waals surface area contributed by atoms with Gasteiger partial charge in [0.05, 0.1) is 11.5 Å². The molecule has 0 unspecified atom stereocenters. The summed E-state index contributed by atoms with van der Waals surface area (Å²) < 4.78 is 0. The molecule has 0 aromatic carbocycles. The van der Waals surface area contributed by atoms with Gasteiger partial charge in [0.2, 0.25) is 0 Å². The van der Waals surface area contributed by atoms with E-state index in [1.807, 2.05) is 0 Å². The molecule has 0 spiro atoms. The first-order valence-electron chi connectivity index (χ1n) is 3.24. The SMILES string of the molecule is O=C[C@H](O)[C@@H](O)[C@@H](Cl)[C@H](O)CCl. The smallest absolute Gasteiger partial charge is 0.151 e. The Morgan fingerprint density at radius 2 is 1.83 bits per heavy atom. The standard InChI is InChI=1S/C6H10Cl2O4/c7-1-3(10)5(8)6(12)4(11)2-9/h2-6,10-12H,1H2/t3-,4+,5+,6-/m1/s1. The molecule has 0 heterocycles. The predicted molar refractivity (Wildman–Crippen MR) is 44.4 cm³/mol. The number of halogens is 2. The molecular formula is C6H10Cl2O4. The monoisotopic (exact) mass is 216 g/mol. The molecule has 0 saturated carbocycles. The summed E-state index contributed by atoms with van der Waals surface area (Å²) in [7, 11) is 0. The van der Waals surface area contributed by atoms with Crippen molar-refractivity contribution in [3.8, 4) is 0 Å². The van der Waals surface area contributed by atoms with Crippen molar-refractivity contribution in [2.24, 2.45) is 0 Å². The summed E-state index contributed by atoms with van der Waals surface area (Å²) >= 11 is 10.7. The molecule has 0 saturated heterocycles. The molecule has 0 aromatic rings. The number of aliphatic hydroxyl groups is 3. The van der Waals surface area contributed by atoms with Crippen molar-refractivity contribution in [3.63, 3.8) is 0 Å². The van der Waals surface area contributed by atoms with Crippen LogP contribution in [0.3, 0.4) is 0 Å². The van der Waals surface area contributed by atoms with Crippen LogP contribution in [0.15, 0.2) is 0 Å². The first-order valence-corrected chi connectivity index (χ1v) is 4.21. The number of hydrogen-bond donors (Lipinski definition) is 3. The van der Waals surface area contributed by atoms with E-state index in [2.05, 4.69) is 0 Å². The second-order valence-electron chi connectivity index (χ2n) is 2.28. The van der Waals surface area contributed by atoms with Crippen LogP contribution in [0.25, 0.3) is 0 Å². The molecule has 0 rings (SSSR count). The van der Waals surface area contributed by atoms with Gasteiger partial charge in [0, 0.05) is 5.88 Å². The lowest BCUT2D eigenvalue weighted by Gasteiger charge is -2.21. The van der Waals surface area contributed by atoms with E-state index >= 15 is 0 Å². The Labute approximate surface area is 79.7 Å². The van der Waals surface area contributed by atoms with Gasteiger partial charge in [-0.3, -0.25) is 0 Å². The van der Waals surface area contributed by atoms with E-state index in [1.165, 1.54) is 0 Å². The molecule has 4 nitrogen and oxygen atoms in total. The Balaban J connectivity index is 4.07. The van der Waals surface area contributed by atoms with E-state index in [1.54, 1.807) is 0 Å². The van der Waals surface area contributed by atoms with Crippen molar-refractivity contribution < 1.29 is 20.1 Å². The van der Waals surface area contributed by atoms with Gasteiger partial charge in [-0.1, -0.05) is 0 Å². The molecule has 0 amide bonds. The lowest BCUT2D eigenvalue weighted by atomic mass is 10.1. The van der Waals surface area contributed by atoms with Crippen LogP contribution >= 0.6 is 23.2 Å². The lowest BCUT2D eigenvalue weighted by molar-refractivity contribution is -0.120.